The highest BCUT2D eigenvalue weighted by molar-refractivity contribution is 14.1. The molecule has 1 aliphatic rings. The first-order chi connectivity index (χ1) is 10.8. The van der Waals surface area contributed by atoms with E-state index in [0.29, 0.717) is 9.13 Å². The lowest BCUT2D eigenvalue weighted by Gasteiger charge is -2.13. The molecule has 2 rings (SSSR count). The molecule has 0 radical (unpaired) electrons. The van der Waals surface area contributed by atoms with Crippen molar-refractivity contribution < 1.29 is 24.2 Å². The van der Waals surface area contributed by atoms with E-state index in [1.165, 1.54) is 6.07 Å². The van der Waals surface area contributed by atoms with Gasteiger partial charge in [-0.1, -0.05) is 6.07 Å². The van der Waals surface area contributed by atoms with Crippen molar-refractivity contribution in [3.05, 3.63) is 32.2 Å². The summed E-state index contributed by atoms with van der Waals surface area (Å²) in [4.78, 5) is 36.9. The van der Waals surface area contributed by atoms with Crippen molar-refractivity contribution in [1.82, 2.24) is 4.90 Å². The zero-order chi connectivity index (χ0) is 17.1. The molecule has 2 amide bonds. The Labute approximate surface area is 151 Å². The number of esters is 1. The minimum absolute atomic E-state index is 0.146. The third-order valence-electron chi connectivity index (χ3n) is 2.80. The van der Waals surface area contributed by atoms with Crippen molar-refractivity contribution in [2.75, 3.05) is 6.54 Å². The number of benzene rings is 1. The number of phenols is 1. The summed E-state index contributed by atoms with van der Waals surface area (Å²) in [6, 6.07) is 4.84. The first kappa shape index (κ1) is 17.8. The molecule has 23 heavy (non-hydrogen) atoms. The lowest BCUT2D eigenvalue weighted by molar-refractivity contribution is -0.149. The predicted molar refractivity (Wildman–Crippen MR) is 94.7 cm³/mol. The van der Waals surface area contributed by atoms with Gasteiger partial charge in [0.2, 0.25) is 0 Å². The third kappa shape index (κ3) is 4.47. The monoisotopic (exact) mass is 447 g/mol. The largest absolute Gasteiger partial charge is 0.507 e. The van der Waals surface area contributed by atoms with E-state index in [2.05, 4.69) is 0 Å². The molecule has 1 saturated heterocycles. The number of halogens is 1. The lowest BCUT2D eigenvalue weighted by Crippen LogP contribution is -2.35. The average Bonchev–Trinajstić information content (AvgIpc) is 2.70. The molecule has 0 aromatic heterocycles. The van der Waals surface area contributed by atoms with Gasteiger partial charge < -0.3 is 9.84 Å². The van der Waals surface area contributed by atoms with Crippen LogP contribution in [0.25, 0.3) is 6.08 Å². The summed E-state index contributed by atoms with van der Waals surface area (Å²) in [5, 5.41) is 8.99. The van der Waals surface area contributed by atoms with Crippen LogP contribution in [-0.2, 0) is 14.3 Å². The molecule has 1 N–H and O–H groups in total. The predicted octanol–water partition coefficient (Wildman–Crippen LogP) is 2.98. The summed E-state index contributed by atoms with van der Waals surface area (Å²) < 4.78 is 5.58. The molecule has 1 aromatic rings. The Hall–Kier alpha value is -1.55. The highest BCUT2D eigenvalue weighted by atomic mass is 127. The molecule has 1 aromatic carbocycles. The molecule has 122 valence electrons. The summed E-state index contributed by atoms with van der Waals surface area (Å²) >= 11 is 2.74. The highest BCUT2D eigenvalue weighted by Crippen LogP contribution is 2.32. The van der Waals surface area contributed by atoms with Gasteiger partial charge in [0.15, 0.2) is 0 Å². The molecular formula is C15H14INO5S. The molecule has 6 nitrogen and oxygen atoms in total. The number of carbonyl (C=O) groups is 3. The van der Waals surface area contributed by atoms with Crippen LogP contribution < -0.4 is 0 Å². The van der Waals surface area contributed by atoms with E-state index in [0.717, 1.165) is 16.7 Å². The number of hydrogen-bond acceptors (Lipinski definition) is 6. The van der Waals surface area contributed by atoms with Crippen molar-refractivity contribution in [2.24, 2.45) is 0 Å². The van der Waals surface area contributed by atoms with Gasteiger partial charge in [-0.25, -0.2) is 0 Å². The number of hydrogen-bond donors (Lipinski definition) is 1. The summed E-state index contributed by atoms with van der Waals surface area (Å²) in [6.07, 6.45) is 1.25. The van der Waals surface area contributed by atoms with E-state index in [1.54, 1.807) is 32.1 Å². The summed E-state index contributed by atoms with van der Waals surface area (Å²) in [5.41, 5.74) is 0.683. The normalized spacial score (nSPS) is 16.5. The SMILES string of the molecule is CC(C)OC(=O)CN1C(=O)S/C(=C\c2ccc(O)c(I)c2)C1=O. The van der Waals surface area contributed by atoms with Crippen LogP contribution in [0.5, 0.6) is 5.75 Å². The molecule has 0 unspecified atom stereocenters. The van der Waals surface area contributed by atoms with Crippen molar-refractivity contribution in [2.45, 2.75) is 20.0 Å². The van der Waals surface area contributed by atoms with Crippen LogP contribution in [-0.4, -0.2) is 39.8 Å². The Morgan fingerprint density at radius 1 is 1.43 bits per heavy atom. The van der Waals surface area contributed by atoms with Gasteiger partial charge >= 0.3 is 5.97 Å². The van der Waals surface area contributed by atoms with Crippen LogP contribution in [0.3, 0.4) is 0 Å². The van der Waals surface area contributed by atoms with E-state index in [1.807, 2.05) is 22.6 Å². The van der Waals surface area contributed by atoms with Crippen LogP contribution in [0.4, 0.5) is 4.79 Å². The van der Waals surface area contributed by atoms with E-state index < -0.39 is 23.7 Å². The molecule has 0 saturated carbocycles. The number of phenolic OH excluding ortho intramolecular Hbond substituents is 1. The van der Waals surface area contributed by atoms with Gasteiger partial charge in [-0.05, 0) is 72.0 Å². The Balaban J connectivity index is 2.15. The third-order valence-corrected chi connectivity index (χ3v) is 4.57. The van der Waals surface area contributed by atoms with Gasteiger partial charge in [0.25, 0.3) is 11.1 Å². The van der Waals surface area contributed by atoms with Gasteiger partial charge in [0, 0.05) is 0 Å². The van der Waals surface area contributed by atoms with Crippen LogP contribution >= 0.6 is 34.4 Å². The topological polar surface area (TPSA) is 83.9 Å². The number of amides is 2. The Morgan fingerprint density at radius 3 is 2.74 bits per heavy atom. The summed E-state index contributed by atoms with van der Waals surface area (Å²) in [6.45, 7) is 2.99. The molecule has 1 aliphatic heterocycles. The van der Waals surface area contributed by atoms with Crippen LogP contribution in [0, 0.1) is 3.57 Å². The van der Waals surface area contributed by atoms with Crippen molar-refractivity contribution >= 4 is 57.5 Å². The number of carbonyl (C=O) groups excluding carboxylic acids is 3. The smallest absolute Gasteiger partial charge is 0.326 e. The Bertz CT molecular complexity index is 701. The highest BCUT2D eigenvalue weighted by Gasteiger charge is 2.36. The maximum atomic E-state index is 12.3. The maximum absolute atomic E-state index is 12.3. The van der Waals surface area contributed by atoms with E-state index >= 15 is 0 Å². The van der Waals surface area contributed by atoms with E-state index in [4.69, 9.17) is 4.74 Å². The number of aromatic hydroxyl groups is 1. The first-order valence-electron chi connectivity index (χ1n) is 6.71. The summed E-state index contributed by atoms with van der Waals surface area (Å²) in [7, 11) is 0. The number of imide groups is 1. The van der Waals surface area contributed by atoms with E-state index in [-0.39, 0.29) is 16.8 Å². The second-order valence-electron chi connectivity index (χ2n) is 5.02. The van der Waals surface area contributed by atoms with Crippen LogP contribution in [0.15, 0.2) is 23.1 Å². The molecule has 0 atom stereocenters. The molecule has 1 fully saturated rings. The van der Waals surface area contributed by atoms with Gasteiger partial charge in [-0.3, -0.25) is 19.3 Å². The lowest BCUT2D eigenvalue weighted by atomic mass is 10.2. The molecule has 8 heteroatoms. The van der Waals surface area contributed by atoms with Crippen LogP contribution in [0.1, 0.15) is 19.4 Å². The van der Waals surface area contributed by atoms with Gasteiger partial charge in [-0.15, -0.1) is 0 Å². The summed E-state index contributed by atoms with van der Waals surface area (Å²) in [5.74, 6) is -1.00. The fourth-order valence-electron chi connectivity index (χ4n) is 1.83. The number of rotatable bonds is 4. The van der Waals surface area contributed by atoms with Gasteiger partial charge in [0.1, 0.15) is 12.3 Å². The fourth-order valence-corrected chi connectivity index (χ4v) is 3.21. The molecule has 1 heterocycles. The zero-order valence-electron chi connectivity index (χ0n) is 12.4. The quantitative estimate of drug-likeness (QED) is 0.434. The first-order valence-corrected chi connectivity index (χ1v) is 8.61. The van der Waals surface area contributed by atoms with Crippen LogP contribution in [0.2, 0.25) is 0 Å². The molecular weight excluding hydrogens is 433 g/mol. The standard InChI is InChI=1S/C15H14INO5S/c1-8(2)22-13(19)7-17-14(20)12(23-15(17)21)6-9-3-4-11(18)10(16)5-9/h3-6,8,18H,7H2,1-2H3/b12-6-. The average molecular weight is 447 g/mol. The minimum atomic E-state index is -0.622. The second-order valence-corrected chi connectivity index (χ2v) is 7.17. The van der Waals surface area contributed by atoms with Gasteiger partial charge in [-0.2, -0.15) is 0 Å². The van der Waals surface area contributed by atoms with Crippen molar-refractivity contribution in [3.63, 3.8) is 0 Å². The Morgan fingerprint density at radius 2 is 2.13 bits per heavy atom. The fraction of sp³-hybridized carbons (Fsp3) is 0.267. The second kappa shape index (κ2) is 7.35. The zero-order valence-corrected chi connectivity index (χ0v) is 15.4. The Kier molecular flexibility index (Phi) is 5.69. The number of ether oxygens (including phenoxy) is 1. The maximum Gasteiger partial charge on any atom is 0.326 e. The van der Waals surface area contributed by atoms with Crippen molar-refractivity contribution in [3.8, 4) is 5.75 Å². The minimum Gasteiger partial charge on any atom is -0.507 e. The van der Waals surface area contributed by atoms with Gasteiger partial charge in [0.05, 0.1) is 14.6 Å². The van der Waals surface area contributed by atoms with E-state index in [9.17, 15) is 19.5 Å². The number of thioether (sulfide) groups is 1. The molecule has 0 bridgehead atoms. The molecule has 0 spiro atoms. The number of nitrogens with zero attached hydrogens (tertiary/aromatic N) is 1. The van der Waals surface area contributed by atoms with Crippen molar-refractivity contribution in [1.29, 1.82) is 0 Å². The molecule has 0 aliphatic carbocycles.